The van der Waals surface area contributed by atoms with Crippen LogP contribution in [0.15, 0.2) is 60.8 Å². The Morgan fingerprint density at radius 1 is 0.509 bits per heavy atom. The second-order valence-corrected chi connectivity index (χ2v) is 25.2. The molecule has 0 aliphatic carbocycles. The monoisotopic (exact) mass is 832 g/mol. The van der Waals surface area contributed by atoms with E-state index in [-0.39, 0.29) is 6.29 Å². The summed E-state index contributed by atoms with van der Waals surface area (Å²) in [5, 5.41) is 9.39. The molecule has 1 unspecified atom stereocenters. The van der Waals surface area contributed by atoms with Crippen LogP contribution in [0, 0.1) is 0 Å². The van der Waals surface area contributed by atoms with Gasteiger partial charge in [-0.1, -0.05) is 159 Å². The van der Waals surface area contributed by atoms with Gasteiger partial charge in [0, 0.05) is 13.2 Å². The van der Waals surface area contributed by atoms with E-state index in [1.54, 1.807) is 0 Å². The van der Waals surface area contributed by atoms with Gasteiger partial charge in [-0.3, -0.25) is 0 Å². The van der Waals surface area contributed by atoms with Gasteiger partial charge in [0.2, 0.25) is 0 Å². The van der Waals surface area contributed by atoms with Crippen molar-refractivity contribution in [2.75, 3.05) is 32.8 Å². The number of unbranched alkanes of at least 4 members (excludes halogenated alkanes) is 15. The van der Waals surface area contributed by atoms with Gasteiger partial charge in [0.15, 0.2) is 8.32 Å². The molecule has 0 fully saturated rings. The summed E-state index contributed by atoms with van der Waals surface area (Å²) < 4.78 is 20.2. The van der Waals surface area contributed by atoms with Crippen LogP contribution in [0.5, 0.6) is 0 Å². The number of hydrogen-bond donors (Lipinski definition) is 1. The normalized spacial score (nSPS) is 13.7. The lowest BCUT2D eigenvalue weighted by atomic mass is 10.1. The third-order valence-corrected chi connectivity index (χ3v) is 17.0. The summed E-state index contributed by atoms with van der Waals surface area (Å²) in [6, 6.07) is 1.22. The maximum Gasteiger partial charge on any atom is 0.323 e. The third kappa shape index (κ3) is 41.5. The van der Waals surface area contributed by atoms with Crippen molar-refractivity contribution in [3.8, 4) is 0 Å². The van der Waals surface area contributed by atoms with Gasteiger partial charge >= 0.3 is 8.56 Å². The Morgan fingerprint density at radius 2 is 0.982 bits per heavy atom. The summed E-state index contributed by atoms with van der Waals surface area (Å²) >= 11 is 0. The molecule has 7 heteroatoms. The predicted octanol–water partition coefficient (Wildman–Crippen LogP) is 15.5. The quantitative estimate of drug-likeness (QED) is 0.0287. The van der Waals surface area contributed by atoms with Crippen LogP contribution in [0.2, 0.25) is 32.2 Å². The summed E-state index contributed by atoms with van der Waals surface area (Å²) in [7, 11) is -4.11. The molecule has 0 saturated carbocycles. The number of nitrogens with zero attached hydrogens (tertiary/aromatic N) is 1. The van der Waals surface area contributed by atoms with Gasteiger partial charge in [-0.2, -0.15) is 0 Å². The number of aliphatic hydroxyl groups is 1. The molecule has 1 N–H and O–H groups in total. The second kappa shape index (κ2) is 41.7. The van der Waals surface area contributed by atoms with E-state index >= 15 is 0 Å². The average molecular weight is 833 g/mol. The molecular formula is C50H97NO4Si2. The number of rotatable bonds is 43. The second-order valence-electron chi connectivity index (χ2n) is 17.3. The number of ether oxygens (including phenoxy) is 1. The Kier molecular flexibility index (Phi) is 40.9. The molecule has 0 aromatic rings. The summed E-state index contributed by atoms with van der Waals surface area (Å²) in [5.74, 6) is 0. The fraction of sp³-hybridized carbons (Fsp3) is 0.800. The van der Waals surface area contributed by atoms with Crippen LogP contribution >= 0.6 is 0 Å². The summed E-state index contributed by atoms with van der Waals surface area (Å²) in [6.45, 7) is 20.5. The van der Waals surface area contributed by atoms with E-state index in [4.69, 9.17) is 13.3 Å². The molecule has 0 saturated heterocycles. The topological polar surface area (TPSA) is 51.2 Å². The van der Waals surface area contributed by atoms with Crippen molar-refractivity contribution in [1.82, 2.24) is 4.90 Å². The number of aliphatic hydroxyl groups excluding tert-OH is 1. The van der Waals surface area contributed by atoms with Gasteiger partial charge in [0.05, 0.1) is 0 Å². The fourth-order valence-corrected chi connectivity index (χ4v) is 15.1. The Morgan fingerprint density at radius 3 is 1.54 bits per heavy atom. The van der Waals surface area contributed by atoms with Gasteiger partial charge < -0.3 is 23.3 Å². The first-order valence-corrected chi connectivity index (χ1v) is 30.2. The first kappa shape index (κ1) is 55.9. The van der Waals surface area contributed by atoms with E-state index in [0.29, 0.717) is 6.61 Å². The van der Waals surface area contributed by atoms with Crippen molar-refractivity contribution in [3.05, 3.63) is 60.8 Å². The van der Waals surface area contributed by atoms with Crippen molar-refractivity contribution in [3.63, 3.8) is 0 Å². The van der Waals surface area contributed by atoms with E-state index < -0.39 is 16.9 Å². The molecular weight excluding hydrogens is 735 g/mol. The summed E-state index contributed by atoms with van der Waals surface area (Å²) in [4.78, 5) is 2.64. The molecule has 5 nitrogen and oxygen atoms in total. The molecule has 0 aromatic carbocycles. The third-order valence-electron chi connectivity index (χ3n) is 10.4. The summed E-state index contributed by atoms with van der Waals surface area (Å²) in [5.41, 5.74) is 0. The highest BCUT2D eigenvalue weighted by molar-refractivity contribution is 6.82. The Bertz CT molecular complexity index is 993. The van der Waals surface area contributed by atoms with Gasteiger partial charge in [-0.25, -0.2) is 0 Å². The Balaban J connectivity index is 4.69. The molecule has 0 amide bonds. The highest BCUT2D eigenvalue weighted by Gasteiger charge is 2.36. The van der Waals surface area contributed by atoms with E-state index in [1.165, 1.54) is 102 Å². The smallest absolute Gasteiger partial charge is 0.323 e. The molecule has 57 heavy (non-hydrogen) atoms. The zero-order valence-corrected chi connectivity index (χ0v) is 41.1. The molecule has 0 radical (unpaired) electrons. The van der Waals surface area contributed by atoms with Crippen LogP contribution in [-0.2, 0) is 13.3 Å². The fourth-order valence-electron chi connectivity index (χ4n) is 7.23. The first-order chi connectivity index (χ1) is 27.7. The lowest BCUT2D eigenvalue weighted by Gasteiger charge is -2.36. The lowest BCUT2D eigenvalue weighted by molar-refractivity contribution is -0.0999. The van der Waals surface area contributed by atoms with Gasteiger partial charge in [0.1, 0.15) is 6.29 Å². The molecule has 0 spiro atoms. The highest BCUT2D eigenvalue weighted by Crippen LogP contribution is 2.25. The Labute approximate surface area is 358 Å². The van der Waals surface area contributed by atoms with E-state index in [2.05, 4.69) is 113 Å². The van der Waals surface area contributed by atoms with Gasteiger partial charge in [0.25, 0.3) is 0 Å². The van der Waals surface area contributed by atoms with E-state index in [1.807, 2.05) is 0 Å². The zero-order chi connectivity index (χ0) is 42.0. The maximum atomic E-state index is 9.39. The van der Waals surface area contributed by atoms with Crippen LogP contribution in [0.3, 0.4) is 0 Å². The molecule has 0 bridgehead atoms. The van der Waals surface area contributed by atoms with Crippen LogP contribution in [0.25, 0.3) is 0 Å². The minimum absolute atomic E-state index is 0.155. The lowest BCUT2D eigenvalue weighted by Crippen LogP contribution is -2.48. The summed E-state index contributed by atoms with van der Waals surface area (Å²) in [6.07, 6.45) is 53.4. The molecule has 0 aromatic heterocycles. The molecule has 0 aliphatic rings. The zero-order valence-electron chi connectivity index (χ0n) is 39.1. The maximum absolute atomic E-state index is 9.39. The van der Waals surface area contributed by atoms with Crippen LogP contribution in [-0.4, -0.2) is 66.0 Å². The van der Waals surface area contributed by atoms with Crippen molar-refractivity contribution in [2.24, 2.45) is 0 Å². The van der Waals surface area contributed by atoms with Crippen LogP contribution in [0.1, 0.15) is 188 Å². The minimum Gasteiger partial charge on any atom is -0.436 e. The average Bonchev–Trinajstić information content (AvgIpc) is 3.17. The van der Waals surface area contributed by atoms with Crippen molar-refractivity contribution < 1.29 is 18.4 Å². The van der Waals surface area contributed by atoms with Crippen LogP contribution in [0.4, 0.5) is 0 Å². The SMILES string of the molecule is CC/C=C\C/C=C\C/C=C\C/C=C\C/C=C\CCCCN(CCCCO)CCCCCC(OCCCCCCCC)O[Si](C)(C)O[Si](C)(C)CCCCCCCC. The first-order valence-electron chi connectivity index (χ1n) is 24.3. The van der Waals surface area contributed by atoms with E-state index in [0.717, 1.165) is 96.9 Å². The molecule has 0 aliphatic heterocycles. The van der Waals surface area contributed by atoms with Gasteiger partial charge in [-0.05, 0) is 142 Å². The largest absolute Gasteiger partial charge is 0.436 e. The van der Waals surface area contributed by atoms with Crippen molar-refractivity contribution in [1.29, 1.82) is 0 Å². The van der Waals surface area contributed by atoms with Crippen LogP contribution < -0.4 is 0 Å². The molecule has 0 heterocycles. The predicted molar refractivity (Wildman–Crippen MR) is 258 cm³/mol. The minimum atomic E-state index is -2.32. The van der Waals surface area contributed by atoms with Crippen molar-refractivity contribution in [2.45, 2.75) is 226 Å². The van der Waals surface area contributed by atoms with Crippen molar-refractivity contribution >= 4 is 16.9 Å². The molecule has 0 rings (SSSR count). The highest BCUT2D eigenvalue weighted by atomic mass is 28.4. The standard InChI is InChI=1S/C50H97NO4Si2/c1-8-11-14-17-20-21-22-23-24-25-26-27-28-29-30-31-32-37-44-51(46-39-40-47-52)45-38-35-36-43-50(53-48-41-33-18-15-12-9-2)54-57(6,7)55-56(4,5)49-42-34-19-16-13-10-3/h11,14,20-21,23-24,26-27,29-30,50,52H,8-10,12-13,15-19,22,25,28,31-49H2,1-7H3/b14-11-,21-20-,24-23-,27-26-,30-29-. The number of hydrogen-bond acceptors (Lipinski definition) is 5. The number of allylic oxidation sites excluding steroid dienone is 10. The van der Waals surface area contributed by atoms with E-state index in [9.17, 15) is 5.11 Å². The molecule has 1 atom stereocenters. The molecule has 334 valence electrons. The van der Waals surface area contributed by atoms with Gasteiger partial charge in [-0.15, -0.1) is 0 Å². The Hall–Kier alpha value is -1.07.